The zero-order valence-corrected chi connectivity index (χ0v) is 8.23. The lowest BCUT2D eigenvalue weighted by molar-refractivity contribution is -0.146. The molecular weight excluding hydrogens is 213 g/mol. The molecule has 0 heterocycles. The van der Waals surface area contributed by atoms with Crippen molar-refractivity contribution in [3.63, 3.8) is 0 Å². The van der Waals surface area contributed by atoms with Gasteiger partial charge in [-0.05, 0) is 6.92 Å². The molecule has 0 saturated heterocycles. The molecule has 0 aromatic carbocycles. The van der Waals surface area contributed by atoms with Gasteiger partial charge in [0.05, 0.1) is 6.42 Å². The van der Waals surface area contributed by atoms with E-state index in [2.05, 4.69) is 5.32 Å². The lowest BCUT2D eigenvalue weighted by Crippen LogP contribution is -2.41. The molecule has 0 rings (SSSR count). The number of carbonyl (C=O) groups is 2. The average molecular weight is 223 g/mol. The first-order chi connectivity index (χ1) is 6.34. The second kappa shape index (κ2) is 5.51. The van der Waals surface area contributed by atoms with Gasteiger partial charge in [-0.1, -0.05) is 0 Å². The van der Waals surface area contributed by atoms with Crippen LogP contribution in [0.15, 0.2) is 0 Å². The van der Waals surface area contributed by atoms with E-state index in [-0.39, 0.29) is 0 Å². The van der Waals surface area contributed by atoms with Crippen LogP contribution in [-0.2, 0) is 18.7 Å². The number of carboxylic acids is 2. The number of rotatable bonds is 6. The third kappa shape index (κ3) is 4.74. The van der Waals surface area contributed by atoms with Crippen LogP contribution >= 0.6 is 7.68 Å². The van der Waals surface area contributed by atoms with Crippen molar-refractivity contribution in [3.05, 3.63) is 0 Å². The normalized spacial score (nSPS) is 14.4. The van der Waals surface area contributed by atoms with Gasteiger partial charge in [-0.25, -0.2) is 9.13 Å². The van der Waals surface area contributed by atoms with E-state index in [1.165, 1.54) is 6.92 Å². The van der Waals surface area contributed by atoms with Gasteiger partial charge in [-0.3, -0.25) is 14.9 Å². The SMILES string of the molecule is CC(NC(CC(=O)O)C(=O)O)P(=O)=O. The molecule has 0 aliphatic carbocycles. The minimum absolute atomic E-state index is 0.664. The Hall–Kier alpha value is -1.20. The highest BCUT2D eigenvalue weighted by atomic mass is 31.1. The van der Waals surface area contributed by atoms with Crippen LogP contribution in [0.4, 0.5) is 0 Å². The van der Waals surface area contributed by atoms with Crippen LogP contribution in [0.5, 0.6) is 0 Å². The Bertz CT molecular complexity index is 291. The summed E-state index contributed by atoms with van der Waals surface area (Å²) in [6, 6.07) is -1.39. The monoisotopic (exact) mass is 223 g/mol. The van der Waals surface area contributed by atoms with Gasteiger partial charge in [0.2, 0.25) is 0 Å². The summed E-state index contributed by atoms with van der Waals surface area (Å²) in [4.78, 5) is 20.7. The Balaban J connectivity index is 4.37. The van der Waals surface area contributed by atoms with Crippen molar-refractivity contribution in [3.8, 4) is 0 Å². The highest BCUT2D eigenvalue weighted by Gasteiger charge is 2.24. The Morgan fingerprint density at radius 1 is 1.36 bits per heavy atom. The highest BCUT2D eigenvalue weighted by Crippen LogP contribution is 2.11. The van der Waals surface area contributed by atoms with Gasteiger partial charge in [-0.2, -0.15) is 0 Å². The van der Waals surface area contributed by atoms with Crippen molar-refractivity contribution in [2.24, 2.45) is 0 Å². The predicted octanol–water partition coefficient (Wildman–Crippen LogP) is 0.0228. The first kappa shape index (κ1) is 12.8. The minimum atomic E-state index is -2.81. The zero-order valence-electron chi connectivity index (χ0n) is 7.34. The molecule has 2 unspecified atom stereocenters. The van der Waals surface area contributed by atoms with E-state index >= 15 is 0 Å². The second-order valence-electron chi connectivity index (χ2n) is 2.62. The molecule has 0 amide bonds. The number of aliphatic carboxylic acids is 2. The van der Waals surface area contributed by atoms with Gasteiger partial charge >= 0.3 is 19.6 Å². The van der Waals surface area contributed by atoms with Crippen LogP contribution in [0.2, 0.25) is 0 Å². The fourth-order valence-corrected chi connectivity index (χ4v) is 1.05. The molecule has 7 nitrogen and oxygen atoms in total. The smallest absolute Gasteiger partial charge is 0.332 e. The van der Waals surface area contributed by atoms with Crippen LogP contribution in [-0.4, -0.2) is 34.0 Å². The second-order valence-corrected chi connectivity index (χ2v) is 3.96. The summed E-state index contributed by atoms with van der Waals surface area (Å²) in [5.74, 6) is -3.76. The Kier molecular flexibility index (Phi) is 5.04. The summed E-state index contributed by atoms with van der Waals surface area (Å²) in [5, 5.41) is 19.0. The van der Waals surface area contributed by atoms with Gasteiger partial charge in [0.25, 0.3) is 0 Å². The average Bonchev–Trinajstić information content (AvgIpc) is 2.01. The van der Waals surface area contributed by atoms with Crippen LogP contribution < -0.4 is 5.32 Å². The van der Waals surface area contributed by atoms with Crippen LogP contribution in [0.25, 0.3) is 0 Å². The van der Waals surface area contributed by atoms with E-state index in [0.29, 0.717) is 0 Å². The fourth-order valence-electron chi connectivity index (χ4n) is 0.744. The molecule has 0 spiro atoms. The van der Waals surface area contributed by atoms with Crippen molar-refractivity contribution >= 4 is 19.6 Å². The first-order valence-corrected chi connectivity index (χ1v) is 4.93. The Labute approximate surface area is 79.9 Å². The summed E-state index contributed by atoms with van der Waals surface area (Å²) in [6.45, 7) is 1.24. The lowest BCUT2D eigenvalue weighted by Gasteiger charge is -2.13. The highest BCUT2D eigenvalue weighted by molar-refractivity contribution is 7.31. The van der Waals surface area contributed by atoms with E-state index < -0.39 is 37.9 Å². The molecule has 0 bridgehead atoms. The van der Waals surface area contributed by atoms with E-state index in [0.717, 1.165) is 0 Å². The molecule has 80 valence electrons. The van der Waals surface area contributed by atoms with E-state index in [9.17, 15) is 18.7 Å². The summed E-state index contributed by atoms with van der Waals surface area (Å²) < 4.78 is 20.8. The molecule has 0 aliphatic heterocycles. The molecule has 0 aromatic rings. The van der Waals surface area contributed by atoms with Crippen molar-refractivity contribution in [2.45, 2.75) is 25.2 Å². The standard InChI is InChI=1S/C6H10NO6P/c1-3(14(12)13)7-4(6(10)11)2-5(8)9/h3-4,7H,2H2,1H3,(H,8,9)(H,10,11). The lowest BCUT2D eigenvalue weighted by atomic mass is 10.2. The molecule has 0 aromatic heterocycles. The quantitative estimate of drug-likeness (QED) is 0.542. The van der Waals surface area contributed by atoms with Crippen molar-refractivity contribution in [1.29, 1.82) is 0 Å². The maximum atomic E-state index is 10.5. The van der Waals surface area contributed by atoms with Gasteiger partial charge < -0.3 is 10.2 Å². The van der Waals surface area contributed by atoms with Crippen molar-refractivity contribution < 1.29 is 28.9 Å². The summed E-state index contributed by atoms with van der Waals surface area (Å²) >= 11 is 0. The van der Waals surface area contributed by atoms with Crippen molar-refractivity contribution in [2.75, 3.05) is 0 Å². The molecule has 2 atom stereocenters. The fraction of sp³-hybridized carbons (Fsp3) is 0.667. The zero-order chi connectivity index (χ0) is 11.3. The van der Waals surface area contributed by atoms with Crippen LogP contribution in [0.3, 0.4) is 0 Å². The largest absolute Gasteiger partial charge is 0.481 e. The maximum Gasteiger partial charge on any atom is 0.332 e. The van der Waals surface area contributed by atoms with Gasteiger partial charge in [0.15, 0.2) is 0 Å². The molecule has 0 radical (unpaired) electrons. The topological polar surface area (TPSA) is 121 Å². The van der Waals surface area contributed by atoms with E-state index in [1.54, 1.807) is 0 Å². The Morgan fingerprint density at radius 3 is 2.14 bits per heavy atom. The number of carboxylic acid groups (broad SMARTS) is 2. The number of nitrogens with one attached hydrogen (secondary N) is 1. The maximum absolute atomic E-state index is 10.5. The molecule has 3 N–H and O–H groups in total. The van der Waals surface area contributed by atoms with Crippen LogP contribution in [0, 0.1) is 0 Å². The molecule has 14 heavy (non-hydrogen) atoms. The third-order valence-corrected chi connectivity index (χ3v) is 2.22. The predicted molar refractivity (Wildman–Crippen MR) is 44.6 cm³/mol. The molecule has 0 aliphatic rings. The van der Waals surface area contributed by atoms with E-state index in [4.69, 9.17) is 10.2 Å². The van der Waals surface area contributed by atoms with Gasteiger partial charge in [0, 0.05) is 0 Å². The van der Waals surface area contributed by atoms with Crippen molar-refractivity contribution in [1.82, 2.24) is 5.32 Å². The van der Waals surface area contributed by atoms with Gasteiger partial charge in [-0.15, -0.1) is 0 Å². The van der Waals surface area contributed by atoms with E-state index in [1.807, 2.05) is 0 Å². The summed E-state index contributed by atoms with van der Waals surface area (Å²) in [6.07, 6.45) is -0.664. The number of hydrogen-bond donors (Lipinski definition) is 3. The molecule has 0 fully saturated rings. The minimum Gasteiger partial charge on any atom is -0.481 e. The van der Waals surface area contributed by atoms with Gasteiger partial charge in [0.1, 0.15) is 11.8 Å². The molecule has 0 saturated carbocycles. The summed E-state index contributed by atoms with van der Waals surface area (Å²) in [7, 11) is -2.81. The third-order valence-electron chi connectivity index (χ3n) is 1.44. The number of hydrogen-bond acceptors (Lipinski definition) is 5. The summed E-state index contributed by atoms with van der Waals surface area (Å²) in [5.41, 5.74) is 0. The molecular formula is C6H10NO6P. The first-order valence-electron chi connectivity index (χ1n) is 3.68. The Morgan fingerprint density at radius 2 is 1.86 bits per heavy atom. The van der Waals surface area contributed by atoms with Crippen LogP contribution in [0.1, 0.15) is 13.3 Å². The molecule has 8 heteroatoms.